The highest BCUT2D eigenvalue weighted by Crippen LogP contribution is 2.23. The lowest BCUT2D eigenvalue weighted by atomic mass is 9.98. The number of anilines is 2. The van der Waals surface area contributed by atoms with E-state index >= 15 is 0 Å². The number of nitrogens with one attached hydrogen (secondary N) is 1. The number of hydrogen-bond acceptors (Lipinski definition) is 9. The molecule has 0 aromatic carbocycles. The fourth-order valence-corrected chi connectivity index (χ4v) is 4.16. The van der Waals surface area contributed by atoms with Crippen LogP contribution in [0.3, 0.4) is 0 Å². The SMILES string of the molecule is CC(C)(C)OC(=O)NC1CCN(c2ncc(OCC3CCN(c4ncc(Cl)cn4)CC3)cn2)C1. The Labute approximate surface area is 205 Å². The van der Waals surface area contributed by atoms with E-state index in [1.165, 1.54) is 0 Å². The van der Waals surface area contributed by atoms with Crippen LogP contribution in [0.15, 0.2) is 24.8 Å². The van der Waals surface area contributed by atoms with Gasteiger partial charge in [0.05, 0.1) is 42.5 Å². The summed E-state index contributed by atoms with van der Waals surface area (Å²) in [6, 6.07) is 0.0125. The molecule has 184 valence electrons. The first-order valence-corrected chi connectivity index (χ1v) is 12.0. The van der Waals surface area contributed by atoms with Crippen LogP contribution in [0.2, 0.25) is 5.02 Å². The summed E-state index contributed by atoms with van der Waals surface area (Å²) < 4.78 is 11.3. The number of piperidine rings is 1. The summed E-state index contributed by atoms with van der Waals surface area (Å²) in [4.78, 5) is 33.8. The Morgan fingerprint density at radius 1 is 1.00 bits per heavy atom. The third kappa shape index (κ3) is 6.82. The molecule has 10 nitrogen and oxygen atoms in total. The van der Waals surface area contributed by atoms with Gasteiger partial charge in [-0.25, -0.2) is 24.7 Å². The van der Waals surface area contributed by atoms with Crippen LogP contribution in [0, 0.1) is 5.92 Å². The van der Waals surface area contributed by atoms with E-state index in [2.05, 4.69) is 35.1 Å². The summed E-state index contributed by atoms with van der Waals surface area (Å²) in [6.07, 6.45) is 9.12. The molecule has 11 heteroatoms. The molecule has 2 aliphatic heterocycles. The predicted molar refractivity (Wildman–Crippen MR) is 129 cm³/mol. The number of ether oxygens (including phenoxy) is 2. The van der Waals surface area contributed by atoms with E-state index < -0.39 is 11.7 Å². The van der Waals surface area contributed by atoms with Crippen molar-refractivity contribution in [2.45, 2.75) is 51.7 Å². The van der Waals surface area contributed by atoms with Gasteiger partial charge in [-0.15, -0.1) is 0 Å². The summed E-state index contributed by atoms with van der Waals surface area (Å²) in [5.74, 6) is 2.48. The lowest BCUT2D eigenvalue weighted by Crippen LogP contribution is -2.40. The average molecular weight is 490 g/mol. The average Bonchev–Trinajstić information content (AvgIpc) is 3.26. The van der Waals surface area contributed by atoms with Gasteiger partial charge in [-0.2, -0.15) is 0 Å². The second-order valence-corrected chi connectivity index (χ2v) is 10.2. The van der Waals surface area contributed by atoms with E-state index in [-0.39, 0.29) is 6.04 Å². The molecular weight excluding hydrogens is 458 g/mol. The van der Waals surface area contributed by atoms with Gasteiger partial charge in [0.1, 0.15) is 5.60 Å². The Morgan fingerprint density at radius 3 is 2.24 bits per heavy atom. The number of carbonyl (C=O) groups excluding carboxylic acids is 1. The monoisotopic (exact) mass is 489 g/mol. The van der Waals surface area contributed by atoms with Gasteiger partial charge < -0.3 is 24.6 Å². The first-order chi connectivity index (χ1) is 16.2. The molecule has 1 N–H and O–H groups in total. The molecular formula is C23H32ClN7O3. The molecule has 2 fully saturated rings. The Balaban J connectivity index is 1.19. The summed E-state index contributed by atoms with van der Waals surface area (Å²) in [7, 11) is 0. The van der Waals surface area contributed by atoms with E-state index in [4.69, 9.17) is 21.1 Å². The number of aromatic nitrogens is 4. The smallest absolute Gasteiger partial charge is 0.407 e. The van der Waals surface area contributed by atoms with Crippen LogP contribution in [0.4, 0.5) is 16.7 Å². The fraction of sp³-hybridized carbons (Fsp3) is 0.609. The van der Waals surface area contributed by atoms with Crippen LogP contribution in [-0.2, 0) is 4.74 Å². The number of halogens is 1. The molecule has 1 unspecified atom stereocenters. The van der Waals surface area contributed by atoms with Crippen molar-refractivity contribution in [3.63, 3.8) is 0 Å². The van der Waals surface area contributed by atoms with Gasteiger partial charge in [0.2, 0.25) is 11.9 Å². The molecule has 2 saturated heterocycles. The Bertz CT molecular complexity index is 945. The largest absolute Gasteiger partial charge is 0.490 e. The van der Waals surface area contributed by atoms with Crippen LogP contribution >= 0.6 is 11.6 Å². The van der Waals surface area contributed by atoms with Crippen molar-refractivity contribution in [1.29, 1.82) is 0 Å². The van der Waals surface area contributed by atoms with Crippen LogP contribution in [-0.4, -0.2) is 70.5 Å². The molecule has 1 amide bonds. The van der Waals surface area contributed by atoms with Gasteiger partial charge >= 0.3 is 6.09 Å². The second-order valence-electron chi connectivity index (χ2n) is 9.74. The highest BCUT2D eigenvalue weighted by atomic mass is 35.5. The van der Waals surface area contributed by atoms with Crippen LogP contribution < -0.4 is 19.9 Å². The topological polar surface area (TPSA) is 106 Å². The summed E-state index contributed by atoms with van der Waals surface area (Å²) in [6.45, 7) is 9.38. The minimum atomic E-state index is -0.510. The molecule has 1 atom stereocenters. The molecule has 0 aliphatic carbocycles. The molecule has 0 spiro atoms. The molecule has 0 radical (unpaired) electrons. The first kappa shape index (κ1) is 24.3. The highest BCUT2D eigenvalue weighted by Gasteiger charge is 2.27. The normalized spacial score (nSPS) is 19.2. The number of alkyl carbamates (subject to hydrolysis) is 1. The first-order valence-electron chi connectivity index (χ1n) is 11.7. The molecule has 0 bridgehead atoms. The molecule has 0 saturated carbocycles. The molecule has 4 heterocycles. The summed E-state index contributed by atoms with van der Waals surface area (Å²) in [5, 5.41) is 3.46. The van der Waals surface area contributed by atoms with Crippen molar-refractivity contribution in [2.75, 3.05) is 42.6 Å². The summed E-state index contributed by atoms with van der Waals surface area (Å²) in [5.41, 5.74) is -0.510. The third-order valence-corrected chi connectivity index (χ3v) is 5.99. The van der Waals surface area contributed by atoms with E-state index in [9.17, 15) is 4.79 Å². The lowest BCUT2D eigenvalue weighted by molar-refractivity contribution is 0.0509. The number of nitrogens with zero attached hydrogens (tertiary/aromatic N) is 6. The highest BCUT2D eigenvalue weighted by molar-refractivity contribution is 6.30. The molecule has 4 rings (SSSR count). The maximum absolute atomic E-state index is 12.0. The number of amides is 1. The molecule has 34 heavy (non-hydrogen) atoms. The van der Waals surface area contributed by atoms with Crippen molar-refractivity contribution in [3.8, 4) is 5.75 Å². The zero-order chi connectivity index (χ0) is 24.1. The van der Waals surface area contributed by atoms with Gasteiger partial charge in [-0.3, -0.25) is 0 Å². The zero-order valence-corrected chi connectivity index (χ0v) is 20.7. The van der Waals surface area contributed by atoms with Gasteiger partial charge in [-0.05, 0) is 46.0 Å². The van der Waals surface area contributed by atoms with E-state index in [1.807, 2.05) is 20.8 Å². The number of carbonyl (C=O) groups is 1. The van der Waals surface area contributed by atoms with Crippen molar-refractivity contribution < 1.29 is 14.3 Å². The quantitative estimate of drug-likeness (QED) is 0.653. The maximum atomic E-state index is 12.0. The molecule has 2 aromatic rings. The van der Waals surface area contributed by atoms with Crippen LogP contribution in [0.5, 0.6) is 5.75 Å². The summed E-state index contributed by atoms with van der Waals surface area (Å²) >= 11 is 5.87. The maximum Gasteiger partial charge on any atom is 0.407 e. The molecule has 2 aliphatic rings. The third-order valence-electron chi connectivity index (χ3n) is 5.80. The van der Waals surface area contributed by atoms with Crippen molar-refractivity contribution >= 4 is 29.6 Å². The predicted octanol–water partition coefficient (Wildman–Crippen LogP) is 3.32. The Kier molecular flexibility index (Phi) is 7.55. The Morgan fingerprint density at radius 2 is 1.59 bits per heavy atom. The van der Waals surface area contributed by atoms with Crippen molar-refractivity contribution in [1.82, 2.24) is 25.3 Å². The van der Waals surface area contributed by atoms with Crippen molar-refractivity contribution in [3.05, 3.63) is 29.8 Å². The zero-order valence-electron chi connectivity index (χ0n) is 19.9. The minimum Gasteiger partial charge on any atom is -0.490 e. The lowest BCUT2D eigenvalue weighted by Gasteiger charge is -2.31. The fourth-order valence-electron chi connectivity index (χ4n) is 4.06. The minimum absolute atomic E-state index is 0.0125. The van der Waals surface area contributed by atoms with Crippen LogP contribution in [0.25, 0.3) is 0 Å². The van der Waals surface area contributed by atoms with Gasteiger partial charge in [0.15, 0.2) is 5.75 Å². The molecule has 2 aromatic heterocycles. The number of rotatable bonds is 6. The van der Waals surface area contributed by atoms with E-state index in [0.717, 1.165) is 44.8 Å². The Hall–Kier alpha value is -2.88. The van der Waals surface area contributed by atoms with E-state index in [0.29, 0.717) is 35.8 Å². The second kappa shape index (κ2) is 10.6. The van der Waals surface area contributed by atoms with Crippen LogP contribution in [0.1, 0.15) is 40.0 Å². The van der Waals surface area contributed by atoms with E-state index in [1.54, 1.807) is 24.8 Å². The standard InChI is InChI=1S/C23H32ClN7O3/c1-23(2,3)34-22(32)29-18-6-9-31(14-18)21-27-12-19(13-28-21)33-15-16-4-7-30(8-5-16)20-25-10-17(24)11-26-20/h10-13,16,18H,4-9,14-15H2,1-3H3,(H,29,32). The van der Waals surface area contributed by atoms with Gasteiger partial charge in [0.25, 0.3) is 0 Å². The number of hydrogen-bond donors (Lipinski definition) is 1. The van der Waals surface area contributed by atoms with Gasteiger partial charge in [0, 0.05) is 26.2 Å². The van der Waals surface area contributed by atoms with Crippen molar-refractivity contribution in [2.24, 2.45) is 5.92 Å². The van der Waals surface area contributed by atoms with Gasteiger partial charge in [-0.1, -0.05) is 11.6 Å².